The lowest BCUT2D eigenvalue weighted by Crippen LogP contribution is -2.26. The minimum absolute atomic E-state index is 0.0547. The van der Waals surface area contributed by atoms with Crippen molar-refractivity contribution in [1.29, 1.82) is 0 Å². The van der Waals surface area contributed by atoms with Crippen LogP contribution in [-0.4, -0.2) is 20.9 Å². The Labute approximate surface area is 126 Å². The number of fused-ring (bicyclic) bond motifs is 1. The lowest BCUT2D eigenvalue weighted by Gasteiger charge is -2.11. The molecule has 1 aromatic rings. The molecule has 0 bridgehead atoms. The summed E-state index contributed by atoms with van der Waals surface area (Å²) in [5.74, 6) is -0.140. The maximum Gasteiger partial charge on any atom is 0.265 e. The number of carbonyl (C=O) groups is 1. The molecule has 1 aromatic carbocycles. The first-order chi connectivity index (χ1) is 9.30. The number of hydrogen-bond acceptors (Lipinski definition) is 3. The van der Waals surface area contributed by atoms with Crippen LogP contribution in [0, 0.1) is 5.92 Å². The van der Waals surface area contributed by atoms with Crippen molar-refractivity contribution in [2.75, 3.05) is 11.9 Å². The van der Waals surface area contributed by atoms with Crippen LogP contribution in [0.4, 0.5) is 5.69 Å². The van der Waals surface area contributed by atoms with Crippen molar-refractivity contribution in [3.8, 4) is 0 Å². The van der Waals surface area contributed by atoms with Gasteiger partial charge in [-0.15, -0.1) is 0 Å². The number of anilines is 1. The first-order valence-corrected chi connectivity index (χ1v) is 8.38. The number of amides is 1. The Balaban J connectivity index is 1.92. The molecule has 1 aliphatic heterocycles. The molecule has 1 aliphatic carbocycles. The van der Waals surface area contributed by atoms with Crippen molar-refractivity contribution >= 4 is 44.8 Å². The molecule has 0 saturated heterocycles. The normalized spacial score (nSPS) is 20.6. The van der Waals surface area contributed by atoms with Gasteiger partial charge in [0, 0.05) is 17.8 Å². The Morgan fingerprint density at radius 3 is 2.70 bits per heavy atom. The monoisotopic (exact) mass is 334 g/mol. The lowest BCUT2D eigenvalue weighted by atomic mass is 10.1. The van der Waals surface area contributed by atoms with E-state index in [0.29, 0.717) is 18.2 Å². The number of halogens is 2. The standard InChI is InChI=1S/C12H12Cl2N2O3S/c13-12(14)9-5-8(3-4-10(9)16-11(12)17)20(18,19)15-6-7-1-2-7/h3-5,7,15H,1-2,6H2,(H,16,17). The SMILES string of the molecule is O=C1Nc2ccc(S(=O)(=O)NCC3CC3)cc2C1(Cl)Cl. The topological polar surface area (TPSA) is 75.3 Å². The Morgan fingerprint density at radius 2 is 2.05 bits per heavy atom. The van der Waals surface area contributed by atoms with Crippen LogP contribution in [0.3, 0.4) is 0 Å². The fourth-order valence-electron chi connectivity index (χ4n) is 2.02. The summed E-state index contributed by atoms with van der Waals surface area (Å²) >= 11 is 11.9. The minimum atomic E-state index is -3.61. The highest BCUT2D eigenvalue weighted by atomic mass is 35.5. The van der Waals surface area contributed by atoms with E-state index in [-0.39, 0.29) is 10.5 Å². The van der Waals surface area contributed by atoms with Gasteiger partial charge in [-0.05, 0) is 37.0 Å². The van der Waals surface area contributed by atoms with E-state index in [0.717, 1.165) is 12.8 Å². The van der Waals surface area contributed by atoms with E-state index in [1.54, 1.807) is 0 Å². The second-order valence-electron chi connectivity index (χ2n) is 5.03. The van der Waals surface area contributed by atoms with Gasteiger partial charge in [0.1, 0.15) is 0 Å². The molecule has 5 nitrogen and oxygen atoms in total. The molecule has 1 heterocycles. The van der Waals surface area contributed by atoms with Gasteiger partial charge >= 0.3 is 0 Å². The molecule has 2 N–H and O–H groups in total. The third-order valence-corrected chi connectivity index (χ3v) is 5.60. The van der Waals surface area contributed by atoms with Crippen LogP contribution >= 0.6 is 23.2 Å². The molecule has 2 aliphatic rings. The molecule has 3 rings (SSSR count). The molecule has 0 spiro atoms. The summed E-state index contributed by atoms with van der Waals surface area (Å²) in [5, 5.41) is 2.51. The van der Waals surface area contributed by atoms with Crippen LogP contribution in [0.2, 0.25) is 0 Å². The van der Waals surface area contributed by atoms with E-state index in [4.69, 9.17) is 23.2 Å². The highest BCUT2D eigenvalue weighted by molar-refractivity contribution is 7.89. The van der Waals surface area contributed by atoms with E-state index in [1.165, 1.54) is 18.2 Å². The third kappa shape index (κ3) is 2.41. The largest absolute Gasteiger partial charge is 0.323 e. The first-order valence-electron chi connectivity index (χ1n) is 6.14. The number of sulfonamides is 1. The van der Waals surface area contributed by atoms with Crippen LogP contribution in [0.1, 0.15) is 18.4 Å². The number of alkyl halides is 2. The van der Waals surface area contributed by atoms with Crippen LogP contribution < -0.4 is 10.0 Å². The number of benzene rings is 1. The molecule has 1 saturated carbocycles. The van der Waals surface area contributed by atoms with E-state index in [9.17, 15) is 13.2 Å². The highest BCUT2D eigenvalue weighted by Crippen LogP contribution is 2.45. The number of nitrogens with one attached hydrogen (secondary N) is 2. The molecule has 0 atom stereocenters. The Morgan fingerprint density at radius 1 is 1.35 bits per heavy atom. The summed E-state index contributed by atoms with van der Waals surface area (Å²) in [4.78, 5) is 11.7. The van der Waals surface area contributed by atoms with Crippen molar-refractivity contribution in [2.24, 2.45) is 5.92 Å². The van der Waals surface area contributed by atoms with E-state index in [1.807, 2.05) is 0 Å². The summed E-state index contributed by atoms with van der Waals surface area (Å²) in [6.45, 7) is 0.434. The third-order valence-electron chi connectivity index (χ3n) is 3.43. The predicted molar refractivity (Wildman–Crippen MR) is 76.4 cm³/mol. The zero-order valence-corrected chi connectivity index (χ0v) is 12.6. The van der Waals surface area contributed by atoms with Gasteiger partial charge in [-0.3, -0.25) is 4.79 Å². The highest BCUT2D eigenvalue weighted by Gasteiger charge is 2.44. The molecule has 1 fully saturated rings. The van der Waals surface area contributed by atoms with Gasteiger partial charge in [0.2, 0.25) is 14.4 Å². The summed E-state index contributed by atoms with van der Waals surface area (Å²) in [6, 6.07) is 4.25. The fraction of sp³-hybridized carbons (Fsp3) is 0.417. The maximum atomic E-state index is 12.2. The van der Waals surface area contributed by atoms with Crippen molar-refractivity contribution in [3.05, 3.63) is 23.8 Å². The average molecular weight is 335 g/mol. The summed E-state index contributed by atoms with van der Waals surface area (Å²) < 4.78 is 25.1. The van der Waals surface area contributed by atoms with Gasteiger partial charge in [-0.25, -0.2) is 13.1 Å². The van der Waals surface area contributed by atoms with E-state index in [2.05, 4.69) is 10.0 Å². The Kier molecular flexibility index (Phi) is 3.25. The van der Waals surface area contributed by atoms with Crippen LogP contribution in [0.5, 0.6) is 0 Å². The molecule has 8 heteroatoms. The zero-order valence-electron chi connectivity index (χ0n) is 10.3. The number of carbonyl (C=O) groups excluding carboxylic acids is 1. The molecule has 1 amide bonds. The quantitative estimate of drug-likeness (QED) is 0.826. The van der Waals surface area contributed by atoms with Crippen LogP contribution in [0.25, 0.3) is 0 Å². The first kappa shape index (κ1) is 14.1. The molecular weight excluding hydrogens is 323 g/mol. The van der Waals surface area contributed by atoms with Gasteiger partial charge in [0.05, 0.1) is 4.90 Å². The summed E-state index contributed by atoms with van der Waals surface area (Å²) in [6.07, 6.45) is 2.11. The Hall–Kier alpha value is -0.820. The van der Waals surface area contributed by atoms with Crippen LogP contribution in [0.15, 0.2) is 23.1 Å². The Bertz CT molecular complexity index is 684. The van der Waals surface area contributed by atoms with Crippen molar-refractivity contribution in [2.45, 2.75) is 22.1 Å². The van der Waals surface area contributed by atoms with Gasteiger partial charge in [0.15, 0.2) is 0 Å². The smallest absolute Gasteiger partial charge is 0.265 e. The van der Waals surface area contributed by atoms with E-state index < -0.39 is 20.3 Å². The van der Waals surface area contributed by atoms with Gasteiger partial charge in [0.25, 0.3) is 5.91 Å². The average Bonchev–Trinajstić information content (AvgIpc) is 3.17. The van der Waals surface area contributed by atoms with E-state index >= 15 is 0 Å². The van der Waals surface area contributed by atoms with Crippen molar-refractivity contribution in [3.63, 3.8) is 0 Å². The lowest BCUT2D eigenvalue weighted by molar-refractivity contribution is -0.116. The van der Waals surface area contributed by atoms with Gasteiger partial charge in [-0.1, -0.05) is 23.2 Å². The second-order valence-corrected chi connectivity index (χ2v) is 8.13. The minimum Gasteiger partial charge on any atom is -0.323 e. The number of rotatable bonds is 4. The molecule has 20 heavy (non-hydrogen) atoms. The van der Waals surface area contributed by atoms with Gasteiger partial charge in [-0.2, -0.15) is 0 Å². The predicted octanol–water partition coefficient (Wildman–Crippen LogP) is 1.96. The zero-order chi connectivity index (χ0) is 14.5. The maximum absolute atomic E-state index is 12.2. The number of hydrogen-bond donors (Lipinski definition) is 2. The molecule has 0 radical (unpaired) electrons. The molecule has 0 unspecified atom stereocenters. The van der Waals surface area contributed by atoms with Crippen LogP contribution in [-0.2, 0) is 19.2 Å². The van der Waals surface area contributed by atoms with Crippen molar-refractivity contribution < 1.29 is 13.2 Å². The second kappa shape index (κ2) is 4.59. The van der Waals surface area contributed by atoms with Gasteiger partial charge < -0.3 is 5.32 Å². The molecular formula is C12H12Cl2N2O3S. The molecule has 108 valence electrons. The summed E-state index contributed by atoms with van der Waals surface area (Å²) in [5.41, 5.74) is 0.696. The fourth-order valence-corrected chi connectivity index (χ4v) is 3.56. The molecule has 0 aromatic heterocycles. The van der Waals surface area contributed by atoms with Crippen molar-refractivity contribution in [1.82, 2.24) is 4.72 Å². The summed E-state index contributed by atoms with van der Waals surface area (Å²) in [7, 11) is -3.61.